The molecule has 0 aromatic carbocycles. The van der Waals surface area contributed by atoms with Gasteiger partial charge in [0, 0.05) is 44.5 Å². The van der Waals surface area contributed by atoms with Crippen molar-refractivity contribution in [2.24, 2.45) is 0 Å². The van der Waals surface area contributed by atoms with Gasteiger partial charge in [0.05, 0.1) is 6.07 Å². The monoisotopic (exact) mass is 244 g/mol. The molecule has 1 saturated heterocycles. The number of nitriles is 1. The Bertz CT molecular complexity index is 379. The van der Waals surface area contributed by atoms with Gasteiger partial charge in [-0.05, 0) is 31.0 Å². The van der Waals surface area contributed by atoms with Crippen LogP contribution in [-0.4, -0.2) is 35.6 Å². The van der Waals surface area contributed by atoms with Crippen LogP contribution >= 0.6 is 0 Å². The Hall–Kier alpha value is -1.44. The molecule has 1 fully saturated rings. The highest BCUT2D eigenvalue weighted by Crippen LogP contribution is 2.10. The zero-order chi connectivity index (χ0) is 12.6. The Labute approximate surface area is 109 Å². The summed E-state index contributed by atoms with van der Waals surface area (Å²) in [5, 5.41) is 12.2. The van der Waals surface area contributed by atoms with Gasteiger partial charge in [0.15, 0.2) is 0 Å². The van der Waals surface area contributed by atoms with Crippen LogP contribution in [0.4, 0.5) is 0 Å². The van der Waals surface area contributed by atoms with Crippen LogP contribution in [0.2, 0.25) is 0 Å². The number of aromatic nitrogens is 1. The molecule has 96 valence electrons. The van der Waals surface area contributed by atoms with Gasteiger partial charge in [-0.2, -0.15) is 5.26 Å². The second kappa shape index (κ2) is 7.10. The maximum absolute atomic E-state index is 8.74. The van der Waals surface area contributed by atoms with Crippen molar-refractivity contribution < 1.29 is 0 Å². The van der Waals surface area contributed by atoms with E-state index in [0.717, 1.165) is 26.2 Å². The zero-order valence-electron chi connectivity index (χ0n) is 10.7. The molecule has 1 N–H and O–H groups in total. The summed E-state index contributed by atoms with van der Waals surface area (Å²) >= 11 is 0. The lowest BCUT2D eigenvalue weighted by atomic mass is 10.2. The van der Waals surface area contributed by atoms with E-state index >= 15 is 0 Å². The normalized spacial score (nSPS) is 19.0. The molecule has 0 radical (unpaired) electrons. The Morgan fingerprint density at radius 2 is 2.50 bits per heavy atom. The molecule has 2 heterocycles. The molecule has 2 rings (SSSR count). The maximum Gasteiger partial charge on any atom is 0.0635 e. The van der Waals surface area contributed by atoms with Gasteiger partial charge in [-0.25, -0.2) is 0 Å². The highest BCUT2D eigenvalue weighted by molar-refractivity contribution is 5.08. The van der Waals surface area contributed by atoms with Gasteiger partial charge in [0.1, 0.15) is 0 Å². The van der Waals surface area contributed by atoms with Gasteiger partial charge in [0.25, 0.3) is 0 Å². The second-order valence-electron chi connectivity index (χ2n) is 4.80. The van der Waals surface area contributed by atoms with E-state index in [1.165, 1.54) is 18.4 Å². The Kier molecular flexibility index (Phi) is 5.13. The molecule has 1 atom stereocenters. The Morgan fingerprint density at radius 3 is 3.17 bits per heavy atom. The predicted octanol–water partition coefficient (Wildman–Crippen LogP) is 1.55. The fourth-order valence-electron chi connectivity index (χ4n) is 2.42. The molecule has 1 aromatic heterocycles. The molecule has 1 aliphatic rings. The highest BCUT2D eigenvalue weighted by Gasteiger charge is 2.17. The summed E-state index contributed by atoms with van der Waals surface area (Å²) in [4.78, 5) is 6.49. The molecule has 0 amide bonds. The minimum absolute atomic E-state index is 0.584. The van der Waals surface area contributed by atoms with E-state index in [4.69, 9.17) is 5.26 Å². The van der Waals surface area contributed by atoms with E-state index in [2.05, 4.69) is 27.3 Å². The number of hydrogen-bond acceptors (Lipinski definition) is 4. The lowest BCUT2D eigenvalue weighted by Gasteiger charge is -2.24. The molecule has 1 aromatic rings. The second-order valence-corrected chi connectivity index (χ2v) is 4.80. The molecule has 1 unspecified atom stereocenters. The first-order valence-corrected chi connectivity index (χ1v) is 6.60. The van der Waals surface area contributed by atoms with Crippen LogP contribution in [0.15, 0.2) is 24.5 Å². The first-order valence-electron chi connectivity index (χ1n) is 6.60. The molecule has 0 spiro atoms. The first kappa shape index (κ1) is 13.0. The predicted molar refractivity (Wildman–Crippen MR) is 70.8 cm³/mol. The number of hydrogen-bond donors (Lipinski definition) is 1. The van der Waals surface area contributed by atoms with Gasteiger partial charge in [-0.15, -0.1) is 0 Å². The van der Waals surface area contributed by atoms with E-state index in [9.17, 15) is 0 Å². The molecule has 18 heavy (non-hydrogen) atoms. The summed E-state index contributed by atoms with van der Waals surface area (Å²) in [6.45, 7) is 3.87. The maximum atomic E-state index is 8.74. The number of nitrogens with zero attached hydrogens (tertiary/aromatic N) is 3. The van der Waals surface area contributed by atoms with Crippen molar-refractivity contribution in [1.29, 1.82) is 5.26 Å². The molecule has 0 bridgehead atoms. The molecule has 1 aliphatic heterocycles. The van der Waals surface area contributed by atoms with Crippen LogP contribution < -0.4 is 5.32 Å². The van der Waals surface area contributed by atoms with Crippen molar-refractivity contribution in [3.63, 3.8) is 0 Å². The van der Waals surface area contributed by atoms with Crippen molar-refractivity contribution in [3.8, 4) is 6.07 Å². The molecular formula is C14H20N4. The topological polar surface area (TPSA) is 52.0 Å². The van der Waals surface area contributed by atoms with Gasteiger partial charge in [-0.3, -0.25) is 9.88 Å². The SMILES string of the molecule is N#CCCN(Cc1cccnc1)CC1CCCN1. The fraction of sp³-hybridized carbons (Fsp3) is 0.571. The average Bonchev–Trinajstić information content (AvgIpc) is 2.90. The number of rotatable bonds is 6. The van der Waals surface area contributed by atoms with Crippen LogP contribution in [0.1, 0.15) is 24.8 Å². The van der Waals surface area contributed by atoms with Crippen molar-refractivity contribution in [1.82, 2.24) is 15.2 Å². The minimum Gasteiger partial charge on any atom is -0.313 e. The zero-order valence-corrected chi connectivity index (χ0v) is 10.7. The molecule has 0 aliphatic carbocycles. The third-order valence-corrected chi connectivity index (χ3v) is 3.31. The minimum atomic E-state index is 0.584. The van der Waals surface area contributed by atoms with Crippen LogP contribution in [-0.2, 0) is 6.54 Å². The lowest BCUT2D eigenvalue weighted by Crippen LogP contribution is -2.37. The summed E-state index contributed by atoms with van der Waals surface area (Å²) in [7, 11) is 0. The highest BCUT2D eigenvalue weighted by atomic mass is 15.2. The van der Waals surface area contributed by atoms with Gasteiger partial charge < -0.3 is 5.32 Å². The standard InChI is InChI=1S/C14H20N4/c15-6-3-9-18(12-14-5-2-8-17-14)11-13-4-1-7-16-10-13/h1,4,7,10,14,17H,2-3,5,8-9,11-12H2. The summed E-state index contributed by atoms with van der Waals surface area (Å²) in [6, 6.07) is 6.87. The van der Waals surface area contributed by atoms with Crippen molar-refractivity contribution in [2.75, 3.05) is 19.6 Å². The van der Waals surface area contributed by atoms with Gasteiger partial charge in [-0.1, -0.05) is 6.07 Å². The number of nitrogens with one attached hydrogen (secondary N) is 1. The first-order chi connectivity index (χ1) is 8.88. The van der Waals surface area contributed by atoms with Crippen LogP contribution in [0, 0.1) is 11.3 Å². The van der Waals surface area contributed by atoms with Crippen LogP contribution in [0.25, 0.3) is 0 Å². The third-order valence-electron chi connectivity index (χ3n) is 3.31. The van der Waals surface area contributed by atoms with Gasteiger partial charge in [0.2, 0.25) is 0 Å². The van der Waals surface area contributed by atoms with Crippen molar-refractivity contribution in [2.45, 2.75) is 31.8 Å². The van der Waals surface area contributed by atoms with E-state index in [1.807, 2.05) is 12.3 Å². The Balaban J connectivity index is 1.89. The van der Waals surface area contributed by atoms with Gasteiger partial charge >= 0.3 is 0 Å². The van der Waals surface area contributed by atoms with Crippen molar-refractivity contribution >= 4 is 0 Å². The van der Waals surface area contributed by atoms with Crippen LogP contribution in [0.3, 0.4) is 0 Å². The van der Waals surface area contributed by atoms with E-state index in [1.54, 1.807) is 6.20 Å². The van der Waals surface area contributed by atoms with Crippen LogP contribution in [0.5, 0.6) is 0 Å². The van der Waals surface area contributed by atoms with E-state index in [-0.39, 0.29) is 0 Å². The lowest BCUT2D eigenvalue weighted by molar-refractivity contribution is 0.246. The smallest absolute Gasteiger partial charge is 0.0635 e. The average molecular weight is 244 g/mol. The molecule has 4 nitrogen and oxygen atoms in total. The molecule has 4 heteroatoms. The quantitative estimate of drug-likeness (QED) is 0.825. The molecular weight excluding hydrogens is 224 g/mol. The molecule has 0 saturated carbocycles. The third kappa shape index (κ3) is 4.10. The summed E-state index contributed by atoms with van der Waals surface area (Å²) in [5.74, 6) is 0. The van der Waals surface area contributed by atoms with E-state index < -0.39 is 0 Å². The van der Waals surface area contributed by atoms with Crippen molar-refractivity contribution in [3.05, 3.63) is 30.1 Å². The fourth-order valence-corrected chi connectivity index (χ4v) is 2.42. The summed E-state index contributed by atoms with van der Waals surface area (Å²) in [5.41, 5.74) is 1.22. The largest absolute Gasteiger partial charge is 0.313 e. The van der Waals surface area contributed by atoms with E-state index in [0.29, 0.717) is 12.5 Å². The summed E-state index contributed by atoms with van der Waals surface area (Å²) < 4.78 is 0. The Morgan fingerprint density at radius 1 is 1.56 bits per heavy atom. The summed E-state index contributed by atoms with van der Waals surface area (Å²) in [6.07, 6.45) is 6.80. The number of pyridine rings is 1.